The van der Waals surface area contributed by atoms with Gasteiger partial charge in [-0.2, -0.15) is 0 Å². The van der Waals surface area contributed by atoms with Crippen molar-refractivity contribution >= 4 is 23.1 Å². The Morgan fingerprint density at radius 1 is 1.10 bits per heavy atom. The molecular formula is C32H33FN2O4. The molecule has 3 aromatic rings. The van der Waals surface area contributed by atoms with Gasteiger partial charge >= 0.3 is 0 Å². The number of aromatic hydroxyl groups is 1. The number of nitrogens with zero attached hydrogens (tertiary/aromatic N) is 1. The minimum Gasteiger partial charge on any atom is -0.506 e. The minimum atomic E-state index is -1.02. The molecule has 0 saturated heterocycles. The van der Waals surface area contributed by atoms with E-state index in [9.17, 15) is 14.7 Å². The van der Waals surface area contributed by atoms with E-state index < -0.39 is 17.8 Å². The summed E-state index contributed by atoms with van der Waals surface area (Å²) in [6.07, 6.45) is 0.762. The van der Waals surface area contributed by atoms with Gasteiger partial charge in [0, 0.05) is 35.2 Å². The lowest BCUT2D eigenvalue weighted by molar-refractivity contribution is -0.122. The third-order valence-corrected chi connectivity index (χ3v) is 7.25. The molecular weight excluding hydrogens is 495 g/mol. The largest absolute Gasteiger partial charge is 0.506 e. The molecule has 0 spiro atoms. The molecule has 2 aliphatic rings. The van der Waals surface area contributed by atoms with Gasteiger partial charge in [0.05, 0.1) is 11.7 Å². The molecule has 6 nitrogen and oxygen atoms in total. The Labute approximate surface area is 228 Å². The third-order valence-electron chi connectivity index (χ3n) is 7.25. The summed E-state index contributed by atoms with van der Waals surface area (Å²) in [4.78, 5) is 29.0. The third kappa shape index (κ3) is 5.13. The number of rotatable bonds is 5. The predicted molar refractivity (Wildman–Crippen MR) is 149 cm³/mol. The van der Waals surface area contributed by atoms with Crippen LogP contribution >= 0.6 is 0 Å². The number of amides is 1. The molecule has 0 aromatic heterocycles. The van der Waals surface area contributed by atoms with Gasteiger partial charge in [-0.25, -0.2) is 4.39 Å². The van der Waals surface area contributed by atoms with Gasteiger partial charge in [-0.1, -0.05) is 64.1 Å². The van der Waals surface area contributed by atoms with Crippen LogP contribution in [-0.4, -0.2) is 16.8 Å². The monoisotopic (exact) mass is 528 g/mol. The number of halogens is 1. The number of fused-ring (bicyclic) bond motifs is 1. The van der Waals surface area contributed by atoms with Crippen molar-refractivity contribution in [3.63, 3.8) is 0 Å². The first-order chi connectivity index (χ1) is 18.6. The number of phenolic OH excluding ortho intramolecular Hbond substituents is 1. The van der Waals surface area contributed by atoms with E-state index in [0.29, 0.717) is 34.8 Å². The summed E-state index contributed by atoms with van der Waals surface area (Å²) in [7, 11) is 0. The molecule has 3 aromatic carbocycles. The minimum absolute atomic E-state index is 0.0532. The van der Waals surface area contributed by atoms with Crippen LogP contribution in [0.3, 0.4) is 0 Å². The van der Waals surface area contributed by atoms with Gasteiger partial charge in [0.15, 0.2) is 5.78 Å². The molecule has 0 fully saturated rings. The first-order valence-electron chi connectivity index (χ1n) is 13.2. The second-order valence-electron chi connectivity index (χ2n) is 11.4. The lowest BCUT2D eigenvalue weighted by atomic mass is 9.73. The summed E-state index contributed by atoms with van der Waals surface area (Å²) in [6, 6.07) is 18.0. The number of allylic oxidation sites excluding steroid dienone is 1. The van der Waals surface area contributed by atoms with E-state index in [1.807, 2.05) is 44.2 Å². The van der Waals surface area contributed by atoms with Gasteiger partial charge in [0.25, 0.3) is 0 Å². The van der Waals surface area contributed by atoms with Gasteiger partial charge in [-0.15, -0.1) is 0 Å². The van der Waals surface area contributed by atoms with E-state index in [4.69, 9.17) is 4.74 Å². The molecule has 1 amide bonds. The lowest BCUT2D eigenvalue weighted by Crippen LogP contribution is -2.41. The summed E-state index contributed by atoms with van der Waals surface area (Å²) >= 11 is 0. The fraction of sp³-hybridized carbons (Fsp3) is 0.312. The highest BCUT2D eigenvalue weighted by Crippen LogP contribution is 2.51. The molecule has 1 atom stereocenters. The first-order valence-corrected chi connectivity index (χ1v) is 13.2. The van der Waals surface area contributed by atoms with Crippen molar-refractivity contribution in [1.82, 2.24) is 0 Å². The van der Waals surface area contributed by atoms with Gasteiger partial charge in [-0.3, -0.25) is 14.5 Å². The Kier molecular flexibility index (Phi) is 6.93. The zero-order valence-corrected chi connectivity index (χ0v) is 22.6. The number of ether oxygens (including phenoxy) is 1. The van der Waals surface area contributed by atoms with Crippen molar-refractivity contribution in [3.8, 4) is 11.5 Å². The Morgan fingerprint density at radius 3 is 2.54 bits per heavy atom. The smallest absolute Gasteiger partial charge is 0.230 e. The maximum Gasteiger partial charge on any atom is 0.230 e. The van der Waals surface area contributed by atoms with E-state index in [-0.39, 0.29) is 41.4 Å². The topological polar surface area (TPSA) is 78.9 Å². The number of hydrogen-bond donors (Lipinski definition) is 2. The predicted octanol–water partition coefficient (Wildman–Crippen LogP) is 6.91. The zero-order valence-electron chi connectivity index (χ0n) is 22.6. The highest BCUT2D eigenvalue weighted by molar-refractivity contribution is 6.07. The van der Waals surface area contributed by atoms with Crippen molar-refractivity contribution in [1.29, 1.82) is 0 Å². The van der Waals surface area contributed by atoms with Crippen LogP contribution in [0.5, 0.6) is 11.5 Å². The fourth-order valence-electron chi connectivity index (χ4n) is 5.42. The van der Waals surface area contributed by atoms with E-state index in [2.05, 4.69) is 5.32 Å². The number of carbonyl (C=O) groups excluding carboxylic acids is 2. The molecule has 0 radical (unpaired) electrons. The maximum absolute atomic E-state index is 16.0. The van der Waals surface area contributed by atoms with Crippen LogP contribution in [0, 0.1) is 17.2 Å². The molecule has 7 heteroatoms. The normalized spacial score (nSPS) is 18.3. The number of hydrogen-bond acceptors (Lipinski definition) is 5. The first kappa shape index (κ1) is 26.5. The van der Waals surface area contributed by atoms with Crippen LogP contribution in [0.2, 0.25) is 0 Å². The van der Waals surface area contributed by atoms with Gasteiger partial charge in [0.2, 0.25) is 5.91 Å². The average molecular weight is 529 g/mol. The number of carbonyl (C=O) groups is 2. The van der Waals surface area contributed by atoms with Gasteiger partial charge < -0.3 is 15.2 Å². The summed E-state index contributed by atoms with van der Waals surface area (Å²) in [5.41, 5.74) is 2.45. The molecule has 1 aliphatic heterocycles. The summed E-state index contributed by atoms with van der Waals surface area (Å²) < 4.78 is 21.8. The van der Waals surface area contributed by atoms with E-state index in [0.717, 1.165) is 5.56 Å². The maximum atomic E-state index is 16.0. The molecule has 0 saturated carbocycles. The zero-order chi connectivity index (χ0) is 27.9. The molecule has 0 unspecified atom stereocenters. The second-order valence-corrected chi connectivity index (χ2v) is 11.4. The van der Waals surface area contributed by atoms with Crippen LogP contribution in [0.25, 0.3) is 0 Å². The van der Waals surface area contributed by atoms with Gasteiger partial charge in [-0.05, 0) is 41.7 Å². The molecule has 1 heterocycles. The number of ketones is 1. The van der Waals surface area contributed by atoms with Crippen LogP contribution in [0.15, 0.2) is 78.0 Å². The molecule has 39 heavy (non-hydrogen) atoms. The quantitative estimate of drug-likeness (QED) is 0.352. The molecule has 0 bridgehead atoms. The summed E-state index contributed by atoms with van der Waals surface area (Å²) in [5.74, 6) is -1.18. The van der Waals surface area contributed by atoms with Crippen molar-refractivity contribution in [2.24, 2.45) is 11.3 Å². The van der Waals surface area contributed by atoms with E-state index >= 15 is 4.39 Å². The molecule has 2 N–H and O–H groups in total. The van der Waals surface area contributed by atoms with Crippen LogP contribution in [-0.2, 0) is 16.2 Å². The number of anilines is 2. The number of benzene rings is 3. The average Bonchev–Trinajstić information content (AvgIpc) is 3.02. The summed E-state index contributed by atoms with van der Waals surface area (Å²) in [5, 5.41) is 14.1. The van der Waals surface area contributed by atoms with Crippen molar-refractivity contribution in [2.45, 2.75) is 53.2 Å². The van der Waals surface area contributed by atoms with Crippen LogP contribution in [0.4, 0.5) is 15.8 Å². The second kappa shape index (κ2) is 10.2. The highest BCUT2D eigenvalue weighted by atomic mass is 19.1. The molecule has 5 rings (SSSR count). The van der Waals surface area contributed by atoms with Crippen LogP contribution in [0.1, 0.15) is 57.7 Å². The molecule has 1 aliphatic carbocycles. The standard InChI is InChI=1S/C32H33FN2O4/c1-19(2)31(38)35-25-11-8-12-26(36)29(25)34-24-16-32(3,4)17-27(37)28(24)30(35)22-14-13-21(15-23(22)33)39-18-20-9-6-5-7-10-20/h5-15,19,30,34,36H,16-18H2,1-4H3/t30-/m1/s1. The Morgan fingerprint density at radius 2 is 1.85 bits per heavy atom. The van der Waals surface area contributed by atoms with Crippen molar-refractivity contribution in [3.05, 3.63) is 94.9 Å². The SMILES string of the molecule is CC(C)C(=O)N1c2cccc(O)c2NC2=C(C(=O)CC(C)(C)C2)[C@H]1c1ccc(OCc2ccccc2)cc1F. The van der Waals surface area contributed by atoms with E-state index in [1.165, 1.54) is 17.0 Å². The summed E-state index contributed by atoms with van der Waals surface area (Å²) in [6.45, 7) is 7.80. The molecule has 202 valence electrons. The number of Topliss-reactive ketones (excluding diaryl/α,β-unsaturated/α-hetero) is 1. The lowest BCUT2D eigenvalue weighted by Gasteiger charge is -2.37. The van der Waals surface area contributed by atoms with E-state index in [1.54, 1.807) is 38.1 Å². The van der Waals surface area contributed by atoms with Crippen molar-refractivity contribution < 1.29 is 23.8 Å². The Balaban J connectivity index is 1.66. The van der Waals surface area contributed by atoms with Crippen LogP contribution < -0.4 is 15.0 Å². The fourth-order valence-corrected chi connectivity index (χ4v) is 5.42. The Hall–Kier alpha value is -4.13. The number of phenols is 1. The van der Waals surface area contributed by atoms with Crippen molar-refractivity contribution in [2.75, 3.05) is 10.2 Å². The highest BCUT2D eigenvalue weighted by Gasteiger charge is 2.44. The van der Waals surface area contributed by atoms with Gasteiger partial charge in [0.1, 0.15) is 29.6 Å². The number of nitrogens with one attached hydrogen (secondary N) is 1. The Bertz CT molecular complexity index is 1460. The number of para-hydroxylation sites is 1.